The summed E-state index contributed by atoms with van der Waals surface area (Å²) in [7, 11) is 0. The number of thioether (sulfide) groups is 1. The average molecular weight is 499 g/mol. The van der Waals surface area contributed by atoms with Crippen LogP contribution in [0.3, 0.4) is 0 Å². The number of pyridine rings is 1. The number of rotatable bonds is 6. The first-order chi connectivity index (χ1) is 17.0. The molecule has 0 saturated heterocycles. The Balaban J connectivity index is 1.68. The molecule has 0 saturated carbocycles. The molecule has 0 aliphatic heterocycles. The topological polar surface area (TPSA) is 139 Å². The summed E-state index contributed by atoms with van der Waals surface area (Å²) in [6, 6.07) is 15.6. The Kier molecular flexibility index (Phi) is 7.36. The number of amides is 1. The number of nitriles is 3. The van der Waals surface area contributed by atoms with Gasteiger partial charge in [-0.2, -0.15) is 15.8 Å². The lowest BCUT2D eigenvalue weighted by atomic mass is 9.96. The van der Waals surface area contributed by atoms with Gasteiger partial charge in [-0.15, -0.1) is 11.3 Å². The Morgan fingerprint density at radius 2 is 1.80 bits per heavy atom. The molecular formula is C26H22N6OS2. The summed E-state index contributed by atoms with van der Waals surface area (Å²) in [5, 5.41) is 32.7. The number of carbonyl (C=O) groups excluding carboxylic acids is 1. The third kappa shape index (κ3) is 4.72. The highest BCUT2D eigenvalue weighted by Crippen LogP contribution is 2.40. The van der Waals surface area contributed by atoms with E-state index in [1.165, 1.54) is 16.2 Å². The van der Waals surface area contributed by atoms with Crippen LogP contribution in [-0.2, 0) is 17.6 Å². The number of aryl methyl sites for hydroxylation is 1. The number of fused-ring (bicyclic) bond motifs is 1. The zero-order valence-corrected chi connectivity index (χ0v) is 20.7. The SMILES string of the molecule is CCC(Sc1nc(N)c(C#N)c(-c2ccccc2)c1C#N)C(=O)Nc1sc2c(c1C#N)CCCC2. The van der Waals surface area contributed by atoms with Gasteiger partial charge in [-0.05, 0) is 43.2 Å². The maximum absolute atomic E-state index is 13.3. The summed E-state index contributed by atoms with van der Waals surface area (Å²) in [6.45, 7) is 1.87. The van der Waals surface area contributed by atoms with Crippen molar-refractivity contribution in [2.24, 2.45) is 0 Å². The number of anilines is 2. The van der Waals surface area contributed by atoms with Gasteiger partial charge in [-0.3, -0.25) is 4.79 Å². The molecule has 1 aliphatic carbocycles. The molecule has 2 aromatic heterocycles. The molecule has 35 heavy (non-hydrogen) atoms. The largest absolute Gasteiger partial charge is 0.383 e. The number of nitrogens with zero attached hydrogens (tertiary/aromatic N) is 4. The van der Waals surface area contributed by atoms with Crippen molar-refractivity contribution < 1.29 is 4.79 Å². The molecule has 2 heterocycles. The van der Waals surface area contributed by atoms with E-state index in [4.69, 9.17) is 5.73 Å². The molecule has 0 spiro atoms. The zero-order chi connectivity index (χ0) is 24.9. The number of nitrogens with two attached hydrogens (primary N) is 1. The van der Waals surface area contributed by atoms with Crippen LogP contribution < -0.4 is 11.1 Å². The number of hydrogen-bond acceptors (Lipinski definition) is 8. The van der Waals surface area contributed by atoms with E-state index in [1.54, 1.807) is 12.1 Å². The van der Waals surface area contributed by atoms with Crippen molar-refractivity contribution in [2.45, 2.75) is 49.3 Å². The molecule has 1 aromatic carbocycles. The molecule has 3 aromatic rings. The van der Waals surface area contributed by atoms with Crippen molar-refractivity contribution in [3.05, 3.63) is 57.5 Å². The average Bonchev–Trinajstić information content (AvgIpc) is 3.23. The Morgan fingerprint density at radius 3 is 2.46 bits per heavy atom. The Hall–Kier alpha value is -3.84. The summed E-state index contributed by atoms with van der Waals surface area (Å²) in [5.41, 5.74) is 9.17. The van der Waals surface area contributed by atoms with E-state index in [0.29, 0.717) is 33.1 Å². The number of benzene rings is 1. The Labute approximate surface area is 212 Å². The fraction of sp³-hybridized carbons (Fsp3) is 0.269. The van der Waals surface area contributed by atoms with Gasteiger partial charge in [0.05, 0.1) is 16.4 Å². The highest BCUT2D eigenvalue weighted by molar-refractivity contribution is 8.00. The van der Waals surface area contributed by atoms with Crippen LogP contribution in [0, 0.1) is 34.0 Å². The second kappa shape index (κ2) is 10.6. The summed E-state index contributed by atoms with van der Waals surface area (Å²) in [6.07, 6.45) is 4.39. The highest BCUT2D eigenvalue weighted by Gasteiger charge is 2.27. The molecule has 1 amide bonds. The van der Waals surface area contributed by atoms with Crippen molar-refractivity contribution in [1.82, 2.24) is 4.98 Å². The van der Waals surface area contributed by atoms with Crippen molar-refractivity contribution in [3.8, 4) is 29.3 Å². The van der Waals surface area contributed by atoms with Crippen LogP contribution >= 0.6 is 23.1 Å². The maximum atomic E-state index is 13.3. The minimum atomic E-state index is -0.573. The van der Waals surface area contributed by atoms with E-state index in [9.17, 15) is 20.6 Å². The fourth-order valence-electron chi connectivity index (χ4n) is 4.20. The molecule has 1 aliphatic rings. The first kappa shape index (κ1) is 24.3. The van der Waals surface area contributed by atoms with Gasteiger partial charge in [0.25, 0.3) is 0 Å². The summed E-state index contributed by atoms with van der Waals surface area (Å²) in [5.74, 6) is -0.247. The Bertz CT molecular complexity index is 1410. The lowest BCUT2D eigenvalue weighted by Gasteiger charge is -2.17. The molecule has 1 unspecified atom stereocenters. The molecule has 4 rings (SSSR count). The molecular weight excluding hydrogens is 476 g/mol. The predicted molar refractivity (Wildman–Crippen MR) is 138 cm³/mol. The number of nitrogen functional groups attached to an aromatic ring is 1. The van der Waals surface area contributed by atoms with Gasteiger partial charge in [0.1, 0.15) is 39.6 Å². The van der Waals surface area contributed by atoms with Gasteiger partial charge >= 0.3 is 0 Å². The van der Waals surface area contributed by atoms with E-state index in [2.05, 4.69) is 28.5 Å². The van der Waals surface area contributed by atoms with Gasteiger partial charge in [-0.25, -0.2) is 4.98 Å². The number of thiophene rings is 1. The van der Waals surface area contributed by atoms with Gasteiger partial charge in [0.15, 0.2) is 0 Å². The smallest absolute Gasteiger partial charge is 0.238 e. The van der Waals surface area contributed by atoms with Crippen LogP contribution in [0.25, 0.3) is 11.1 Å². The van der Waals surface area contributed by atoms with E-state index in [0.717, 1.165) is 43.0 Å². The number of hydrogen-bond donors (Lipinski definition) is 2. The van der Waals surface area contributed by atoms with Crippen LogP contribution in [0.1, 0.15) is 53.3 Å². The highest BCUT2D eigenvalue weighted by atomic mass is 32.2. The molecule has 0 radical (unpaired) electrons. The van der Waals surface area contributed by atoms with Crippen molar-refractivity contribution in [1.29, 1.82) is 15.8 Å². The van der Waals surface area contributed by atoms with Crippen LogP contribution in [0.4, 0.5) is 10.8 Å². The van der Waals surface area contributed by atoms with Crippen LogP contribution in [0.2, 0.25) is 0 Å². The molecule has 174 valence electrons. The minimum Gasteiger partial charge on any atom is -0.383 e. The van der Waals surface area contributed by atoms with Gasteiger partial charge in [0, 0.05) is 10.4 Å². The molecule has 0 fully saturated rings. The number of aromatic nitrogens is 1. The first-order valence-electron chi connectivity index (χ1n) is 11.2. The molecule has 3 N–H and O–H groups in total. The van der Waals surface area contributed by atoms with Gasteiger partial charge < -0.3 is 11.1 Å². The second-order valence-electron chi connectivity index (χ2n) is 8.05. The zero-order valence-electron chi connectivity index (χ0n) is 19.1. The lowest BCUT2D eigenvalue weighted by molar-refractivity contribution is -0.115. The van der Waals surface area contributed by atoms with Gasteiger partial charge in [-0.1, -0.05) is 49.0 Å². The van der Waals surface area contributed by atoms with Crippen LogP contribution in [0.5, 0.6) is 0 Å². The van der Waals surface area contributed by atoms with Gasteiger partial charge in [0.2, 0.25) is 5.91 Å². The summed E-state index contributed by atoms with van der Waals surface area (Å²) in [4.78, 5) is 18.8. The fourth-order valence-corrected chi connectivity index (χ4v) is 6.46. The van der Waals surface area contributed by atoms with E-state index in [-0.39, 0.29) is 22.9 Å². The van der Waals surface area contributed by atoms with E-state index in [1.807, 2.05) is 25.1 Å². The lowest BCUT2D eigenvalue weighted by Crippen LogP contribution is -2.25. The van der Waals surface area contributed by atoms with Crippen LogP contribution in [0.15, 0.2) is 35.4 Å². The number of nitrogens with one attached hydrogen (secondary N) is 1. The first-order valence-corrected chi connectivity index (χ1v) is 12.9. The molecule has 7 nitrogen and oxygen atoms in total. The normalized spacial score (nSPS) is 13.1. The summed E-state index contributed by atoms with van der Waals surface area (Å²) < 4.78 is 0. The quantitative estimate of drug-likeness (QED) is 0.434. The molecule has 1 atom stereocenters. The summed E-state index contributed by atoms with van der Waals surface area (Å²) >= 11 is 2.62. The minimum absolute atomic E-state index is 0.0146. The third-order valence-electron chi connectivity index (χ3n) is 5.92. The molecule has 0 bridgehead atoms. The maximum Gasteiger partial charge on any atom is 0.238 e. The Morgan fingerprint density at radius 1 is 1.11 bits per heavy atom. The second-order valence-corrected chi connectivity index (χ2v) is 10.3. The third-order valence-corrected chi connectivity index (χ3v) is 8.47. The predicted octanol–water partition coefficient (Wildman–Crippen LogP) is 5.40. The van der Waals surface area contributed by atoms with Crippen LogP contribution in [-0.4, -0.2) is 16.1 Å². The number of carbonyl (C=O) groups is 1. The van der Waals surface area contributed by atoms with E-state index < -0.39 is 5.25 Å². The van der Waals surface area contributed by atoms with Crippen molar-refractivity contribution in [2.75, 3.05) is 11.1 Å². The standard InChI is InChI=1S/C26H22N6OS2/c1-2-20(24(33)32-25-17(12-27)16-10-6-7-11-21(16)35-25)34-26-19(14-29)22(15-8-4-3-5-9-15)18(13-28)23(30)31-26/h3-5,8-9,20H,2,6-7,10-11H2,1H3,(H2,30,31)(H,32,33). The monoisotopic (exact) mass is 498 g/mol. The van der Waals surface area contributed by atoms with Crippen molar-refractivity contribution in [3.63, 3.8) is 0 Å². The van der Waals surface area contributed by atoms with E-state index >= 15 is 0 Å². The molecule has 9 heteroatoms. The van der Waals surface area contributed by atoms with Crippen molar-refractivity contribution >= 4 is 39.8 Å².